The Morgan fingerprint density at radius 1 is 1.15 bits per heavy atom. The van der Waals surface area contributed by atoms with Gasteiger partial charge in [-0.2, -0.15) is 0 Å². The molecule has 170 valence electrons. The summed E-state index contributed by atoms with van der Waals surface area (Å²) in [4.78, 5) is 19.5. The number of carbonyl (C=O) groups is 1. The lowest BCUT2D eigenvalue weighted by atomic mass is 10.1. The molecule has 6 nitrogen and oxygen atoms in total. The van der Waals surface area contributed by atoms with Gasteiger partial charge in [-0.25, -0.2) is 4.98 Å². The van der Waals surface area contributed by atoms with Crippen LogP contribution in [-0.2, 0) is 18.3 Å². The molecule has 1 aliphatic heterocycles. The molecule has 1 N–H and O–H groups in total. The number of nitrogens with zero attached hydrogens (tertiary/aromatic N) is 3. The molecule has 0 saturated carbocycles. The minimum Gasteiger partial charge on any atom is -0.439 e. The number of carbonyl (C=O) groups excluding carboxylic acids is 1. The largest absolute Gasteiger partial charge is 0.439 e. The number of aliphatic hydroxyl groups is 1. The molecule has 5 rings (SSSR count). The molecule has 0 aliphatic carbocycles. The van der Waals surface area contributed by atoms with E-state index in [9.17, 15) is 9.90 Å². The highest BCUT2D eigenvalue weighted by Gasteiger charge is 2.24. The fourth-order valence-corrected chi connectivity index (χ4v) is 4.58. The van der Waals surface area contributed by atoms with Gasteiger partial charge in [0.05, 0.1) is 6.10 Å². The van der Waals surface area contributed by atoms with E-state index in [2.05, 4.69) is 22.8 Å². The Kier molecular flexibility index (Phi) is 5.96. The summed E-state index contributed by atoms with van der Waals surface area (Å²) < 4.78 is 8.35. The molecule has 0 radical (unpaired) electrons. The molecule has 33 heavy (non-hydrogen) atoms. The van der Waals surface area contributed by atoms with Gasteiger partial charge in [-0.15, -0.1) is 0 Å². The first-order chi connectivity index (χ1) is 16.0. The Morgan fingerprint density at radius 2 is 1.88 bits per heavy atom. The zero-order valence-electron chi connectivity index (χ0n) is 18.5. The minimum atomic E-state index is -0.303. The van der Waals surface area contributed by atoms with Crippen LogP contribution in [-0.4, -0.2) is 44.7 Å². The number of hydrogen-bond donors (Lipinski definition) is 1. The van der Waals surface area contributed by atoms with Crippen molar-refractivity contribution in [2.24, 2.45) is 7.05 Å². The summed E-state index contributed by atoms with van der Waals surface area (Å²) >= 11 is 6.09. The van der Waals surface area contributed by atoms with Gasteiger partial charge < -0.3 is 19.0 Å². The van der Waals surface area contributed by atoms with E-state index in [4.69, 9.17) is 21.0 Å². The average Bonchev–Trinajstić information content (AvgIpc) is 3.40. The first-order valence-electron chi connectivity index (χ1n) is 11.3. The van der Waals surface area contributed by atoms with Crippen molar-refractivity contribution in [2.75, 3.05) is 13.1 Å². The summed E-state index contributed by atoms with van der Waals surface area (Å²) in [6.07, 6.45) is 1.75. The van der Waals surface area contributed by atoms with Crippen molar-refractivity contribution in [3.8, 4) is 22.8 Å². The Hall–Kier alpha value is -3.09. The molecule has 0 atom stereocenters. The highest BCUT2D eigenvalue weighted by Crippen LogP contribution is 2.33. The molecule has 7 heteroatoms. The van der Waals surface area contributed by atoms with Crippen molar-refractivity contribution in [3.63, 3.8) is 0 Å². The summed E-state index contributed by atoms with van der Waals surface area (Å²) in [6.45, 7) is 1.20. The van der Waals surface area contributed by atoms with Crippen molar-refractivity contribution in [2.45, 2.75) is 31.8 Å². The zero-order chi connectivity index (χ0) is 22.9. The van der Waals surface area contributed by atoms with Crippen molar-refractivity contribution < 1.29 is 14.3 Å². The van der Waals surface area contributed by atoms with Gasteiger partial charge >= 0.3 is 0 Å². The van der Waals surface area contributed by atoms with Crippen LogP contribution in [0.25, 0.3) is 33.7 Å². The van der Waals surface area contributed by atoms with Crippen LogP contribution < -0.4 is 0 Å². The zero-order valence-corrected chi connectivity index (χ0v) is 19.3. The number of hydrogen-bond acceptors (Lipinski definition) is 4. The molecule has 0 spiro atoms. The maximum absolute atomic E-state index is 12.8. The quantitative estimate of drug-likeness (QED) is 0.448. The van der Waals surface area contributed by atoms with Crippen LogP contribution in [0.1, 0.15) is 25.0 Å². The Labute approximate surface area is 197 Å². The Balaban J connectivity index is 1.46. The van der Waals surface area contributed by atoms with Crippen LogP contribution in [0.3, 0.4) is 0 Å². The number of aryl methyl sites for hydroxylation is 2. The molecular weight excluding hydrogens is 438 g/mol. The fraction of sp³-hybridized carbons (Fsp3) is 0.308. The van der Waals surface area contributed by atoms with E-state index in [1.807, 2.05) is 48.3 Å². The molecule has 2 aromatic carbocycles. The smallest absolute Gasteiger partial charge is 0.243 e. The molecule has 3 heterocycles. The number of amides is 1. The van der Waals surface area contributed by atoms with E-state index < -0.39 is 0 Å². The monoisotopic (exact) mass is 463 g/mol. The van der Waals surface area contributed by atoms with Crippen LogP contribution in [0.15, 0.2) is 59.0 Å². The molecule has 1 amide bonds. The number of oxazole rings is 1. The summed E-state index contributed by atoms with van der Waals surface area (Å²) in [5.41, 5.74) is 3.61. The second-order valence-corrected chi connectivity index (χ2v) is 8.99. The number of likely N-dealkylation sites (tertiary alicyclic amines) is 1. The third-order valence-corrected chi connectivity index (χ3v) is 6.62. The molecule has 1 aliphatic rings. The molecule has 0 unspecified atom stereocenters. The molecule has 1 fully saturated rings. The summed E-state index contributed by atoms with van der Waals surface area (Å²) in [5.74, 6) is 1.29. The summed E-state index contributed by atoms with van der Waals surface area (Å²) in [5, 5.41) is 11.5. The standard InChI is InChI=1S/C26H26ClN3O3/c1-29-21-5-3-2-4-18(21)16-22(29)26-28-25(17-6-8-19(27)9-7-17)23(33-26)10-11-24(32)30-14-12-20(31)13-15-30/h2-9,16,20,31H,10-15H2,1H3. The number of piperidine rings is 1. The van der Waals surface area contributed by atoms with Gasteiger partial charge in [0.2, 0.25) is 11.8 Å². The van der Waals surface area contributed by atoms with E-state index >= 15 is 0 Å². The van der Waals surface area contributed by atoms with Crippen molar-refractivity contribution in [3.05, 3.63) is 65.4 Å². The van der Waals surface area contributed by atoms with Crippen molar-refractivity contribution >= 4 is 28.4 Å². The van der Waals surface area contributed by atoms with Crippen LogP contribution in [0, 0.1) is 0 Å². The number of fused-ring (bicyclic) bond motifs is 1. The van der Waals surface area contributed by atoms with Gasteiger partial charge in [0, 0.05) is 54.5 Å². The summed E-state index contributed by atoms with van der Waals surface area (Å²) in [7, 11) is 2.00. The first kappa shape index (κ1) is 21.7. The maximum Gasteiger partial charge on any atom is 0.243 e. The molecule has 0 bridgehead atoms. The number of benzene rings is 2. The van der Waals surface area contributed by atoms with E-state index in [1.165, 1.54) is 0 Å². The third kappa shape index (κ3) is 4.41. The van der Waals surface area contributed by atoms with E-state index in [0.717, 1.165) is 27.9 Å². The highest BCUT2D eigenvalue weighted by molar-refractivity contribution is 6.30. The number of rotatable bonds is 5. The van der Waals surface area contributed by atoms with Gasteiger partial charge in [-0.1, -0.05) is 41.9 Å². The van der Waals surface area contributed by atoms with Gasteiger partial charge in [0.25, 0.3) is 0 Å². The fourth-order valence-electron chi connectivity index (χ4n) is 4.45. The lowest BCUT2D eigenvalue weighted by Crippen LogP contribution is -2.40. The van der Waals surface area contributed by atoms with Crippen LogP contribution in [0.4, 0.5) is 0 Å². The molecular formula is C26H26ClN3O3. The van der Waals surface area contributed by atoms with E-state index in [0.29, 0.717) is 55.4 Å². The van der Waals surface area contributed by atoms with Crippen LogP contribution in [0.5, 0.6) is 0 Å². The maximum atomic E-state index is 12.8. The second kappa shape index (κ2) is 9.04. The first-order valence-corrected chi connectivity index (χ1v) is 11.6. The number of aliphatic hydroxyl groups excluding tert-OH is 1. The third-order valence-electron chi connectivity index (χ3n) is 6.37. The highest BCUT2D eigenvalue weighted by atomic mass is 35.5. The van der Waals surface area contributed by atoms with E-state index in [-0.39, 0.29) is 12.0 Å². The van der Waals surface area contributed by atoms with Crippen LogP contribution >= 0.6 is 11.6 Å². The predicted octanol–water partition coefficient (Wildman–Crippen LogP) is 5.07. The molecule has 1 saturated heterocycles. The molecule has 2 aromatic heterocycles. The molecule has 4 aromatic rings. The van der Waals surface area contributed by atoms with Crippen molar-refractivity contribution in [1.29, 1.82) is 0 Å². The number of halogens is 1. The minimum absolute atomic E-state index is 0.0755. The average molecular weight is 464 g/mol. The SMILES string of the molecule is Cn1c(-c2nc(-c3ccc(Cl)cc3)c(CCC(=O)N3CCC(O)CC3)o2)cc2ccccc21. The van der Waals surface area contributed by atoms with Crippen molar-refractivity contribution in [1.82, 2.24) is 14.5 Å². The second-order valence-electron chi connectivity index (χ2n) is 8.56. The van der Waals surface area contributed by atoms with Gasteiger partial charge in [-0.05, 0) is 37.1 Å². The lowest BCUT2D eigenvalue weighted by Gasteiger charge is -2.29. The number of aromatic nitrogens is 2. The Morgan fingerprint density at radius 3 is 2.61 bits per heavy atom. The summed E-state index contributed by atoms with van der Waals surface area (Å²) in [6, 6.07) is 17.7. The topological polar surface area (TPSA) is 71.5 Å². The Bertz CT molecular complexity index is 1280. The van der Waals surface area contributed by atoms with Gasteiger partial charge in [0.1, 0.15) is 17.1 Å². The number of para-hydroxylation sites is 1. The van der Waals surface area contributed by atoms with Gasteiger partial charge in [-0.3, -0.25) is 4.79 Å². The van der Waals surface area contributed by atoms with Gasteiger partial charge in [0.15, 0.2) is 0 Å². The van der Waals surface area contributed by atoms with Crippen LogP contribution in [0.2, 0.25) is 5.02 Å². The van der Waals surface area contributed by atoms with E-state index in [1.54, 1.807) is 0 Å². The predicted molar refractivity (Wildman–Crippen MR) is 129 cm³/mol. The lowest BCUT2D eigenvalue weighted by molar-refractivity contribution is -0.133. The normalized spacial score (nSPS) is 14.8.